The smallest absolute Gasteiger partial charge is 0.338 e. The number of esters is 3. The van der Waals surface area contributed by atoms with Gasteiger partial charge in [0.15, 0.2) is 5.76 Å². The summed E-state index contributed by atoms with van der Waals surface area (Å²) < 4.78 is 13.2. The van der Waals surface area contributed by atoms with Crippen LogP contribution in [0.5, 0.6) is 0 Å². The summed E-state index contributed by atoms with van der Waals surface area (Å²) in [5.41, 5.74) is -0.602. The molecule has 0 aromatic carbocycles. The Labute approximate surface area is 107 Å². The fraction of sp³-hybridized carbons (Fsp3) is 0.455. The summed E-state index contributed by atoms with van der Waals surface area (Å²) in [6, 6.07) is 0. The molecule has 0 saturated heterocycles. The summed E-state index contributed by atoms with van der Waals surface area (Å²) in [6.45, 7) is 0. The maximum Gasteiger partial charge on any atom is 0.338 e. The van der Waals surface area contributed by atoms with Crippen LogP contribution in [0, 0.1) is 11.8 Å². The van der Waals surface area contributed by atoms with E-state index in [0.717, 1.165) is 21.3 Å². The SMILES string of the molecule is COC(=O)C1=C(O)C(=O)C(C(=O)OC)C1C(=O)OC. The number of allylic oxidation sites excluding steroid dienone is 1. The summed E-state index contributed by atoms with van der Waals surface area (Å²) in [5, 5.41) is 9.60. The Morgan fingerprint density at radius 1 is 0.947 bits per heavy atom. The van der Waals surface area contributed by atoms with Crippen molar-refractivity contribution in [3.05, 3.63) is 11.3 Å². The van der Waals surface area contributed by atoms with Gasteiger partial charge in [-0.1, -0.05) is 0 Å². The number of hydrogen-bond donors (Lipinski definition) is 1. The summed E-state index contributed by atoms with van der Waals surface area (Å²) in [5.74, 6) is -8.45. The molecule has 0 radical (unpaired) electrons. The van der Waals surface area contributed by atoms with Gasteiger partial charge in [-0.2, -0.15) is 0 Å². The highest BCUT2D eigenvalue weighted by Crippen LogP contribution is 2.35. The van der Waals surface area contributed by atoms with Crippen LogP contribution < -0.4 is 0 Å². The van der Waals surface area contributed by atoms with Crippen molar-refractivity contribution in [2.24, 2.45) is 11.8 Å². The van der Waals surface area contributed by atoms with Gasteiger partial charge in [-0.05, 0) is 0 Å². The van der Waals surface area contributed by atoms with E-state index in [9.17, 15) is 24.3 Å². The Morgan fingerprint density at radius 2 is 1.42 bits per heavy atom. The minimum absolute atomic E-state index is 0.602. The third-order valence-electron chi connectivity index (χ3n) is 2.73. The topological polar surface area (TPSA) is 116 Å². The number of hydrogen-bond acceptors (Lipinski definition) is 8. The molecule has 0 aromatic rings. The van der Waals surface area contributed by atoms with E-state index >= 15 is 0 Å². The number of carbonyl (C=O) groups excluding carboxylic acids is 4. The van der Waals surface area contributed by atoms with Crippen molar-refractivity contribution < 1.29 is 38.5 Å². The average molecular weight is 272 g/mol. The molecule has 0 spiro atoms. The first-order valence-corrected chi connectivity index (χ1v) is 5.12. The van der Waals surface area contributed by atoms with E-state index in [4.69, 9.17) is 0 Å². The zero-order valence-corrected chi connectivity index (χ0v) is 10.5. The number of aliphatic hydroxyl groups is 1. The van der Waals surface area contributed by atoms with Crippen LogP contribution in [0.1, 0.15) is 0 Å². The summed E-state index contributed by atoms with van der Waals surface area (Å²) in [4.78, 5) is 46.4. The van der Waals surface area contributed by atoms with Gasteiger partial charge in [0.1, 0.15) is 11.8 Å². The van der Waals surface area contributed by atoms with Crippen LogP contribution in [0.25, 0.3) is 0 Å². The second kappa shape index (κ2) is 5.51. The highest BCUT2D eigenvalue weighted by Gasteiger charge is 2.54. The van der Waals surface area contributed by atoms with E-state index in [2.05, 4.69) is 14.2 Å². The molecular weight excluding hydrogens is 260 g/mol. The van der Waals surface area contributed by atoms with Crippen LogP contribution in [0.2, 0.25) is 0 Å². The first kappa shape index (κ1) is 14.7. The molecule has 0 fully saturated rings. The fourth-order valence-electron chi connectivity index (χ4n) is 1.83. The third-order valence-corrected chi connectivity index (χ3v) is 2.73. The fourth-order valence-corrected chi connectivity index (χ4v) is 1.83. The van der Waals surface area contributed by atoms with Crippen molar-refractivity contribution in [1.29, 1.82) is 0 Å². The van der Waals surface area contributed by atoms with Gasteiger partial charge in [0.05, 0.1) is 26.9 Å². The molecule has 1 aliphatic rings. The number of ketones is 1. The standard InChI is InChI=1S/C11H12O8/c1-17-9(14)4-5(10(15)18-2)7(12)8(13)6(4)11(16)19-3/h4-5,13H,1-3H3. The molecule has 1 rings (SSSR count). The molecule has 19 heavy (non-hydrogen) atoms. The Hall–Kier alpha value is -2.38. The maximum absolute atomic E-state index is 11.7. The van der Waals surface area contributed by atoms with Gasteiger partial charge in [-0.15, -0.1) is 0 Å². The molecule has 2 atom stereocenters. The van der Waals surface area contributed by atoms with Gasteiger partial charge in [0.25, 0.3) is 0 Å². The number of rotatable bonds is 3. The van der Waals surface area contributed by atoms with Crippen LogP contribution >= 0.6 is 0 Å². The van der Waals surface area contributed by atoms with Gasteiger partial charge in [-0.25, -0.2) is 4.79 Å². The molecule has 8 heteroatoms. The minimum atomic E-state index is -1.65. The van der Waals surface area contributed by atoms with Crippen LogP contribution in [-0.4, -0.2) is 50.1 Å². The van der Waals surface area contributed by atoms with Crippen molar-refractivity contribution >= 4 is 23.7 Å². The predicted octanol–water partition coefficient (Wildman–Crippen LogP) is -0.867. The lowest BCUT2D eigenvalue weighted by atomic mass is 9.90. The number of carbonyl (C=O) groups is 4. The Balaban J connectivity index is 3.34. The number of ether oxygens (including phenoxy) is 3. The Kier molecular flexibility index (Phi) is 4.26. The quantitative estimate of drug-likeness (QED) is 0.400. The first-order valence-electron chi connectivity index (χ1n) is 5.12. The summed E-state index contributed by atoms with van der Waals surface area (Å²) in [7, 11) is 3.04. The van der Waals surface area contributed by atoms with Crippen molar-refractivity contribution in [2.45, 2.75) is 0 Å². The maximum atomic E-state index is 11.7. The molecule has 0 amide bonds. The van der Waals surface area contributed by atoms with Gasteiger partial charge in [0.2, 0.25) is 5.78 Å². The second-order valence-electron chi connectivity index (χ2n) is 3.62. The van der Waals surface area contributed by atoms with Crippen LogP contribution in [-0.2, 0) is 33.4 Å². The molecule has 104 valence electrons. The molecule has 1 N–H and O–H groups in total. The number of aliphatic hydroxyl groups excluding tert-OH is 1. The summed E-state index contributed by atoms with van der Waals surface area (Å²) >= 11 is 0. The normalized spacial score (nSPS) is 22.2. The van der Waals surface area contributed by atoms with Gasteiger partial charge in [0, 0.05) is 0 Å². The van der Waals surface area contributed by atoms with Gasteiger partial charge >= 0.3 is 17.9 Å². The Bertz CT molecular complexity index is 475. The highest BCUT2D eigenvalue weighted by molar-refractivity contribution is 6.18. The van der Waals surface area contributed by atoms with Crippen LogP contribution in [0.3, 0.4) is 0 Å². The van der Waals surface area contributed by atoms with E-state index in [-0.39, 0.29) is 0 Å². The zero-order chi connectivity index (χ0) is 14.7. The van der Waals surface area contributed by atoms with Crippen molar-refractivity contribution in [1.82, 2.24) is 0 Å². The van der Waals surface area contributed by atoms with Gasteiger partial charge < -0.3 is 19.3 Å². The highest BCUT2D eigenvalue weighted by atomic mass is 16.5. The van der Waals surface area contributed by atoms with E-state index in [1.165, 1.54) is 0 Å². The molecular formula is C11H12O8. The molecule has 1 aliphatic carbocycles. The molecule has 0 heterocycles. The molecule has 2 unspecified atom stereocenters. The van der Waals surface area contributed by atoms with Crippen molar-refractivity contribution in [3.63, 3.8) is 0 Å². The lowest BCUT2D eigenvalue weighted by Gasteiger charge is -2.15. The molecule has 0 saturated carbocycles. The average Bonchev–Trinajstić information content (AvgIpc) is 2.69. The predicted molar refractivity (Wildman–Crippen MR) is 57.7 cm³/mol. The molecule has 8 nitrogen and oxygen atoms in total. The first-order chi connectivity index (χ1) is 8.90. The zero-order valence-electron chi connectivity index (χ0n) is 10.5. The van der Waals surface area contributed by atoms with E-state index in [1.807, 2.05) is 0 Å². The van der Waals surface area contributed by atoms with E-state index in [0.29, 0.717) is 0 Å². The molecule has 0 aliphatic heterocycles. The van der Waals surface area contributed by atoms with Crippen LogP contribution in [0.4, 0.5) is 0 Å². The number of Topliss-reactive ketones (excluding diaryl/α,β-unsaturated/α-hetero) is 1. The van der Waals surface area contributed by atoms with E-state index < -0.39 is 46.9 Å². The van der Waals surface area contributed by atoms with Crippen molar-refractivity contribution in [3.8, 4) is 0 Å². The third kappa shape index (κ3) is 2.28. The molecule has 0 bridgehead atoms. The largest absolute Gasteiger partial charge is 0.504 e. The monoisotopic (exact) mass is 272 g/mol. The van der Waals surface area contributed by atoms with Crippen molar-refractivity contribution in [2.75, 3.05) is 21.3 Å². The van der Waals surface area contributed by atoms with Crippen LogP contribution in [0.15, 0.2) is 11.3 Å². The lowest BCUT2D eigenvalue weighted by Crippen LogP contribution is -2.35. The number of methoxy groups -OCH3 is 3. The lowest BCUT2D eigenvalue weighted by molar-refractivity contribution is -0.158. The molecule has 0 aromatic heterocycles. The minimum Gasteiger partial charge on any atom is -0.504 e. The Morgan fingerprint density at radius 3 is 1.84 bits per heavy atom. The summed E-state index contributed by atoms with van der Waals surface area (Å²) in [6.07, 6.45) is 0. The second-order valence-corrected chi connectivity index (χ2v) is 3.62. The van der Waals surface area contributed by atoms with E-state index in [1.54, 1.807) is 0 Å². The van der Waals surface area contributed by atoms with Gasteiger partial charge in [-0.3, -0.25) is 14.4 Å².